The molecule has 1 amide bonds. The molecular weight excluding hydrogens is 341 g/mol. The third kappa shape index (κ3) is 3.07. The number of hydrogen-bond donors (Lipinski definition) is 1. The van der Waals surface area contributed by atoms with Crippen LogP contribution in [-0.2, 0) is 24.2 Å². The molecule has 0 saturated carbocycles. The highest BCUT2D eigenvalue weighted by atomic mass is 32.1. The molecule has 2 aromatic heterocycles. The maximum Gasteiger partial charge on any atom is 0.262 e. The zero-order valence-corrected chi connectivity index (χ0v) is 14.2. The van der Waals surface area contributed by atoms with E-state index in [9.17, 15) is 14.0 Å². The number of aromatic nitrogens is 2. The number of halogens is 1. The van der Waals surface area contributed by atoms with E-state index < -0.39 is 11.7 Å². The number of anilines is 1. The molecule has 4 rings (SSSR count). The van der Waals surface area contributed by atoms with Gasteiger partial charge in [-0.3, -0.25) is 14.2 Å². The van der Waals surface area contributed by atoms with Crippen molar-refractivity contribution in [2.24, 2.45) is 0 Å². The molecule has 0 bridgehead atoms. The number of carbonyl (C=O) groups is 1. The van der Waals surface area contributed by atoms with Crippen LogP contribution >= 0.6 is 11.3 Å². The Labute approximate surface area is 147 Å². The number of nitrogens with zero attached hydrogens (tertiary/aromatic N) is 2. The molecule has 5 nitrogen and oxygen atoms in total. The van der Waals surface area contributed by atoms with E-state index in [-0.39, 0.29) is 12.1 Å². The number of rotatable bonds is 3. The van der Waals surface area contributed by atoms with Crippen molar-refractivity contribution >= 4 is 33.1 Å². The fraction of sp³-hybridized carbons (Fsp3) is 0.278. The van der Waals surface area contributed by atoms with Crippen LogP contribution in [0.4, 0.5) is 10.1 Å². The number of amides is 1. The van der Waals surface area contributed by atoms with Gasteiger partial charge in [0.2, 0.25) is 5.91 Å². The molecule has 1 aliphatic carbocycles. The number of benzene rings is 1. The molecule has 3 aromatic rings. The Morgan fingerprint density at radius 3 is 3.00 bits per heavy atom. The van der Waals surface area contributed by atoms with Crippen LogP contribution in [-0.4, -0.2) is 15.5 Å². The van der Waals surface area contributed by atoms with Gasteiger partial charge in [-0.15, -0.1) is 11.3 Å². The quantitative estimate of drug-likeness (QED) is 0.783. The molecule has 0 spiro atoms. The minimum absolute atomic E-state index is 0.150. The lowest BCUT2D eigenvalue weighted by molar-refractivity contribution is -0.116. The van der Waals surface area contributed by atoms with Gasteiger partial charge in [0.05, 0.1) is 11.7 Å². The van der Waals surface area contributed by atoms with Crippen LogP contribution in [0, 0.1) is 5.82 Å². The topological polar surface area (TPSA) is 64.0 Å². The zero-order chi connectivity index (χ0) is 17.4. The summed E-state index contributed by atoms with van der Waals surface area (Å²) in [5.74, 6) is -0.819. The molecule has 1 N–H and O–H groups in total. The first kappa shape index (κ1) is 16.0. The average Bonchev–Trinajstić information content (AvgIpc) is 2.96. The summed E-state index contributed by atoms with van der Waals surface area (Å²) in [6, 6.07) is 5.65. The predicted octanol–water partition coefficient (Wildman–Crippen LogP) is 3.11. The van der Waals surface area contributed by atoms with Crippen molar-refractivity contribution in [2.75, 3.05) is 5.32 Å². The van der Waals surface area contributed by atoms with E-state index in [4.69, 9.17) is 0 Å². The van der Waals surface area contributed by atoms with Crippen LogP contribution in [0.25, 0.3) is 10.2 Å². The summed E-state index contributed by atoms with van der Waals surface area (Å²) in [5, 5.41) is 3.25. The van der Waals surface area contributed by atoms with Crippen molar-refractivity contribution in [1.29, 1.82) is 0 Å². The van der Waals surface area contributed by atoms with Gasteiger partial charge < -0.3 is 5.32 Å². The molecule has 0 atom stereocenters. The van der Waals surface area contributed by atoms with Crippen LogP contribution in [0.3, 0.4) is 0 Å². The largest absolute Gasteiger partial charge is 0.324 e. The van der Waals surface area contributed by atoms with Crippen LogP contribution in [0.5, 0.6) is 0 Å². The smallest absolute Gasteiger partial charge is 0.262 e. The maximum atomic E-state index is 13.2. The molecule has 25 heavy (non-hydrogen) atoms. The monoisotopic (exact) mass is 357 g/mol. The first-order chi connectivity index (χ1) is 12.1. The molecule has 0 fully saturated rings. The molecule has 0 saturated heterocycles. The molecular formula is C18H16FN3O2S. The second-order valence-corrected chi connectivity index (χ2v) is 7.21. The lowest BCUT2D eigenvalue weighted by Gasteiger charge is -2.10. The van der Waals surface area contributed by atoms with Gasteiger partial charge in [0, 0.05) is 10.6 Å². The Balaban J connectivity index is 1.62. The Morgan fingerprint density at radius 2 is 2.16 bits per heavy atom. The number of thiophene rings is 1. The Kier molecular flexibility index (Phi) is 4.09. The van der Waals surface area contributed by atoms with E-state index in [1.807, 2.05) is 0 Å². The third-order valence-electron chi connectivity index (χ3n) is 4.36. The summed E-state index contributed by atoms with van der Waals surface area (Å²) in [5.41, 5.74) is 1.28. The molecule has 1 aliphatic rings. The average molecular weight is 357 g/mol. The number of hydrogen-bond acceptors (Lipinski definition) is 4. The summed E-state index contributed by atoms with van der Waals surface area (Å²) < 4.78 is 14.5. The van der Waals surface area contributed by atoms with Gasteiger partial charge in [-0.2, -0.15) is 0 Å². The third-order valence-corrected chi connectivity index (χ3v) is 5.56. The normalized spacial score (nSPS) is 13.6. The summed E-state index contributed by atoms with van der Waals surface area (Å²) in [6.07, 6.45) is 5.52. The first-order valence-corrected chi connectivity index (χ1v) is 8.98. The van der Waals surface area contributed by atoms with Gasteiger partial charge in [-0.05, 0) is 49.4 Å². The van der Waals surface area contributed by atoms with Crippen molar-refractivity contribution in [1.82, 2.24) is 9.55 Å². The number of nitrogens with one attached hydrogen (secondary N) is 1. The van der Waals surface area contributed by atoms with Gasteiger partial charge >= 0.3 is 0 Å². The highest BCUT2D eigenvalue weighted by molar-refractivity contribution is 7.18. The number of carbonyl (C=O) groups excluding carboxylic acids is 1. The van der Waals surface area contributed by atoms with E-state index >= 15 is 0 Å². The van der Waals surface area contributed by atoms with Gasteiger partial charge in [-0.1, -0.05) is 6.07 Å². The minimum Gasteiger partial charge on any atom is -0.324 e. The zero-order valence-electron chi connectivity index (χ0n) is 13.4. The van der Waals surface area contributed by atoms with Crippen molar-refractivity contribution in [3.63, 3.8) is 0 Å². The van der Waals surface area contributed by atoms with E-state index in [1.54, 1.807) is 17.4 Å². The molecule has 2 heterocycles. The molecule has 7 heteroatoms. The lowest BCUT2D eigenvalue weighted by Crippen LogP contribution is -2.28. The van der Waals surface area contributed by atoms with Gasteiger partial charge in [0.25, 0.3) is 5.56 Å². The van der Waals surface area contributed by atoms with E-state index in [0.717, 1.165) is 36.1 Å². The lowest BCUT2D eigenvalue weighted by atomic mass is 9.97. The van der Waals surface area contributed by atoms with Gasteiger partial charge in [0.15, 0.2) is 0 Å². The van der Waals surface area contributed by atoms with Gasteiger partial charge in [-0.25, -0.2) is 9.37 Å². The van der Waals surface area contributed by atoms with Crippen LogP contribution in [0.15, 0.2) is 35.4 Å². The minimum atomic E-state index is -0.428. The van der Waals surface area contributed by atoms with Crippen LogP contribution < -0.4 is 10.9 Å². The Hall–Kier alpha value is -2.54. The molecule has 0 unspecified atom stereocenters. The summed E-state index contributed by atoms with van der Waals surface area (Å²) in [7, 11) is 0. The predicted molar refractivity (Wildman–Crippen MR) is 95.6 cm³/mol. The van der Waals surface area contributed by atoms with Gasteiger partial charge in [0.1, 0.15) is 17.2 Å². The molecule has 1 aromatic carbocycles. The molecule has 0 radical (unpaired) electrons. The Morgan fingerprint density at radius 1 is 1.32 bits per heavy atom. The summed E-state index contributed by atoms with van der Waals surface area (Å²) in [4.78, 5) is 31.3. The van der Waals surface area contributed by atoms with Crippen LogP contribution in [0.2, 0.25) is 0 Å². The SMILES string of the molecule is O=C(Cn1cnc2sc3c(c2c1=O)CCCC3)Nc1cccc(F)c1. The van der Waals surface area contributed by atoms with Crippen molar-refractivity contribution in [3.05, 3.63) is 57.2 Å². The van der Waals surface area contributed by atoms with E-state index in [1.165, 1.54) is 34.0 Å². The van der Waals surface area contributed by atoms with Crippen molar-refractivity contribution in [2.45, 2.75) is 32.2 Å². The summed E-state index contributed by atoms with van der Waals surface area (Å²) in [6.45, 7) is -0.150. The first-order valence-electron chi connectivity index (χ1n) is 8.17. The van der Waals surface area contributed by atoms with Crippen molar-refractivity contribution < 1.29 is 9.18 Å². The fourth-order valence-corrected chi connectivity index (χ4v) is 4.43. The molecule has 128 valence electrons. The molecule has 0 aliphatic heterocycles. The highest BCUT2D eigenvalue weighted by Gasteiger charge is 2.20. The maximum absolute atomic E-state index is 13.2. The number of fused-ring (bicyclic) bond motifs is 3. The van der Waals surface area contributed by atoms with Crippen LogP contribution in [0.1, 0.15) is 23.3 Å². The van der Waals surface area contributed by atoms with E-state index in [0.29, 0.717) is 11.1 Å². The van der Waals surface area contributed by atoms with Crippen molar-refractivity contribution in [3.8, 4) is 0 Å². The summed E-state index contributed by atoms with van der Waals surface area (Å²) >= 11 is 1.58. The second-order valence-electron chi connectivity index (χ2n) is 6.13. The highest BCUT2D eigenvalue weighted by Crippen LogP contribution is 2.33. The van der Waals surface area contributed by atoms with E-state index in [2.05, 4.69) is 10.3 Å². The second kappa shape index (κ2) is 6.40. The Bertz CT molecular complexity index is 1020. The number of aryl methyl sites for hydroxylation is 2. The fourth-order valence-electron chi connectivity index (χ4n) is 3.22. The standard InChI is InChI=1S/C18H16FN3O2S/c19-11-4-3-5-12(8-11)21-15(23)9-22-10-20-17-16(18(22)24)13-6-1-2-7-14(13)25-17/h3-5,8,10H,1-2,6-7,9H2,(H,21,23).